The number of aryl methyl sites for hydroxylation is 1. The maximum atomic E-state index is 12.1. The van der Waals surface area contributed by atoms with Gasteiger partial charge >= 0.3 is 0 Å². The van der Waals surface area contributed by atoms with Crippen LogP contribution in [-0.2, 0) is 22.4 Å². The lowest BCUT2D eigenvalue weighted by atomic mass is 10.1. The van der Waals surface area contributed by atoms with Crippen molar-refractivity contribution in [3.05, 3.63) is 59.7 Å². The van der Waals surface area contributed by atoms with Crippen molar-refractivity contribution in [2.45, 2.75) is 32.6 Å². The highest BCUT2D eigenvalue weighted by Gasteiger charge is 2.22. The van der Waals surface area contributed by atoms with Gasteiger partial charge in [0.2, 0.25) is 11.8 Å². The van der Waals surface area contributed by atoms with Crippen LogP contribution in [0.15, 0.2) is 48.5 Å². The first-order valence-electron chi connectivity index (χ1n) is 8.38. The average molecular weight is 322 g/mol. The Kier molecular flexibility index (Phi) is 4.94. The van der Waals surface area contributed by atoms with E-state index in [0.717, 1.165) is 42.7 Å². The van der Waals surface area contributed by atoms with Crippen LogP contribution < -0.4 is 10.2 Å². The lowest BCUT2D eigenvalue weighted by Crippen LogP contribution is -2.25. The van der Waals surface area contributed by atoms with Gasteiger partial charge in [-0.3, -0.25) is 9.59 Å². The summed E-state index contributed by atoms with van der Waals surface area (Å²) in [5, 5.41) is 2.94. The Morgan fingerprint density at radius 3 is 2.67 bits per heavy atom. The minimum atomic E-state index is 0.0123. The van der Waals surface area contributed by atoms with E-state index in [4.69, 9.17) is 0 Å². The summed E-state index contributed by atoms with van der Waals surface area (Å²) in [7, 11) is 0. The number of carbonyl (C=O) groups excluding carboxylic acids is 2. The van der Waals surface area contributed by atoms with Gasteiger partial charge in [-0.2, -0.15) is 0 Å². The minimum Gasteiger partial charge on any atom is -0.326 e. The smallest absolute Gasteiger partial charge is 0.224 e. The summed E-state index contributed by atoms with van der Waals surface area (Å²) in [6.07, 6.45) is 3.08. The Balaban J connectivity index is 1.55. The van der Waals surface area contributed by atoms with E-state index in [1.165, 1.54) is 5.56 Å². The Bertz CT molecular complexity index is 741. The van der Waals surface area contributed by atoms with E-state index in [9.17, 15) is 9.59 Å². The molecule has 0 aliphatic carbocycles. The lowest BCUT2D eigenvalue weighted by Gasteiger charge is -2.15. The normalized spacial score (nSPS) is 12.8. The summed E-state index contributed by atoms with van der Waals surface area (Å²) in [6.45, 7) is 2.29. The summed E-state index contributed by atoms with van der Waals surface area (Å²) in [4.78, 5) is 25.5. The average Bonchev–Trinajstić information content (AvgIpc) is 2.99. The Hall–Kier alpha value is -2.62. The standard InChI is InChI=1S/C20H22N2O2/c1-15(23)22-13-12-17-10-11-18(14-19(17)22)21-20(24)9-5-8-16-6-3-2-4-7-16/h2-4,6-7,10-11,14H,5,8-9,12-13H2,1H3,(H,21,24). The fourth-order valence-electron chi connectivity index (χ4n) is 3.11. The van der Waals surface area contributed by atoms with Gasteiger partial charge in [0.25, 0.3) is 0 Å². The van der Waals surface area contributed by atoms with Crippen molar-refractivity contribution in [2.75, 3.05) is 16.8 Å². The van der Waals surface area contributed by atoms with Crippen molar-refractivity contribution in [1.29, 1.82) is 0 Å². The van der Waals surface area contributed by atoms with E-state index < -0.39 is 0 Å². The van der Waals surface area contributed by atoms with Gasteiger partial charge in [0.15, 0.2) is 0 Å². The summed E-state index contributed by atoms with van der Waals surface area (Å²) in [6, 6.07) is 16.0. The van der Waals surface area contributed by atoms with Gasteiger partial charge in [-0.15, -0.1) is 0 Å². The lowest BCUT2D eigenvalue weighted by molar-refractivity contribution is -0.117. The molecule has 0 bridgehead atoms. The third kappa shape index (κ3) is 3.82. The molecule has 2 amide bonds. The third-order valence-corrected chi connectivity index (χ3v) is 4.36. The molecule has 2 aromatic carbocycles. The molecule has 24 heavy (non-hydrogen) atoms. The number of carbonyl (C=O) groups is 2. The quantitative estimate of drug-likeness (QED) is 0.915. The maximum Gasteiger partial charge on any atom is 0.224 e. The molecule has 4 heteroatoms. The molecule has 0 spiro atoms. The van der Waals surface area contributed by atoms with Gasteiger partial charge in [0.1, 0.15) is 0 Å². The molecule has 0 unspecified atom stereocenters. The molecule has 0 saturated carbocycles. The highest BCUT2D eigenvalue weighted by molar-refractivity contribution is 5.96. The molecule has 1 aliphatic heterocycles. The van der Waals surface area contributed by atoms with Crippen molar-refractivity contribution in [3.63, 3.8) is 0 Å². The second-order valence-corrected chi connectivity index (χ2v) is 6.15. The molecule has 124 valence electrons. The molecule has 3 rings (SSSR count). The van der Waals surface area contributed by atoms with Crippen molar-refractivity contribution in [1.82, 2.24) is 0 Å². The van der Waals surface area contributed by atoms with Crippen LogP contribution in [0.3, 0.4) is 0 Å². The molecular formula is C20H22N2O2. The number of nitrogens with zero attached hydrogens (tertiary/aromatic N) is 1. The van der Waals surface area contributed by atoms with Crippen LogP contribution in [0.2, 0.25) is 0 Å². The molecular weight excluding hydrogens is 300 g/mol. The van der Waals surface area contributed by atoms with Crippen LogP contribution in [0.4, 0.5) is 11.4 Å². The number of anilines is 2. The van der Waals surface area contributed by atoms with Crippen LogP contribution in [0.1, 0.15) is 30.9 Å². The second kappa shape index (κ2) is 7.30. The van der Waals surface area contributed by atoms with Crippen molar-refractivity contribution >= 4 is 23.2 Å². The molecule has 0 aromatic heterocycles. The molecule has 1 aliphatic rings. The maximum absolute atomic E-state index is 12.1. The third-order valence-electron chi connectivity index (χ3n) is 4.36. The number of nitrogens with one attached hydrogen (secondary N) is 1. The Morgan fingerprint density at radius 1 is 1.12 bits per heavy atom. The van der Waals surface area contributed by atoms with Crippen molar-refractivity contribution in [3.8, 4) is 0 Å². The highest BCUT2D eigenvalue weighted by atomic mass is 16.2. The van der Waals surface area contributed by atoms with Gasteiger partial charge < -0.3 is 10.2 Å². The fourth-order valence-corrected chi connectivity index (χ4v) is 3.11. The molecule has 0 fully saturated rings. The second-order valence-electron chi connectivity index (χ2n) is 6.15. The van der Waals surface area contributed by atoms with Crippen molar-refractivity contribution in [2.24, 2.45) is 0 Å². The number of benzene rings is 2. The summed E-state index contributed by atoms with van der Waals surface area (Å²) >= 11 is 0. The summed E-state index contributed by atoms with van der Waals surface area (Å²) in [5.74, 6) is 0.0540. The Morgan fingerprint density at radius 2 is 1.92 bits per heavy atom. The van der Waals surface area contributed by atoms with Crippen molar-refractivity contribution < 1.29 is 9.59 Å². The number of amides is 2. The van der Waals surface area contributed by atoms with E-state index >= 15 is 0 Å². The number of hydrogen-bond acceptors (Lipinski definition) is 2. The number of rotatable bonds is 5. The van der Waals surface area contributed by atoms with Gasteiger partial charge in [0.05, 0.1) is 0 Å². The first kappa shape index (κ1) is 16.2. The summed E-state index contributed by atoms with van der Waals surface area (Å²) < 4.78 is 0. The molecule has 2 aromatic rings. The van der Waals surface area contributed by atoms with Crippen LogP contribution in [-0.4, -0.2) is 18.4 Å². The van der Waals surface area contributed by atoms with Crippen LogP contribution in [0.25, 0.3) is 0 Å². The number of hydrogen-bond donors (Lipinski definition) is 1. The SMILES string of the molecule is CC(=O)N1CCc2ccc(NC(=O)CCCc3ccccc3)cc21. The van der Waals surface area contributed by atoms with E-state index in [-0.39, 0.29) is 11.8 Å². The predicted octanol–water partition coefficient (Wildman–Crippen LogP) is 3.56. The summed E-state index contributed by atoms with van der Waals surface area (Å²) in [5.41, 5.74) is 4.09. The van der Waals surface area contributed by atoms with Gasteiger partial charge in [0, 0.05) is 31.3 Å². The number of fused-ring (bicyclic) bond motifs is 1. The monoisotopic (exact) mass is 322 g/mol. The fraction of sp³-hybridized carbons (Fsp3) is 0.300. The predicted molar refractivity (Wildman–Crippen MR) is 96.2 cm³/mol. The topological polar surface area (TPSA) is 49.4 Å². The molecule has 0 atom stereocenters. The van der Waals surface area contributed by atoms with Gasteiger partial charge in [-0.25, -0.2) is 0 Å². The molecule has 0 saturated heterocycles. The van der Waals surface area contributed by atoms with Gasteiger partial charge in [-0.05, 0) is 42.5 Å². The van der Waals surface area contributed by atoms with Gasteiger partial charge in [-0.1, -0.05) is 36.4 Å². The van der Waals surface area contributed by atoms with E-state index in [2.05, 4.69) is 17.4 Å². The Labute approximate surface area is 142 Å². The largest absolute Gasteiger partial charge is 0.326 e. The molecule has 0 radical (unpaired) electrons. The first-order chi connectivity index (χ1) is 11.6. The zero-order valence-electron chi connectivity index (χ0n) is 13.9. The first-order valence-corrected chi connectivity index (χ1v) is 8.38. The van der Waals surface area contributed by atoms with E-state index in [0.29, 0.717) is 6.42 Å². The molecule has 1 heterocycles. The van der Waals surface area contributed by atoms with E-state index in [1.807, 2.05) is 36.4 Å². The zero-order chi connectivity index (χ0) is 16.9. The van der Waals surface area contributed by atoms with Crippen LogP contribution >= 0.6 is 0 Å². The highest BCUT2D eigenvalue weighted by Crippen LogP contribution is 2.30. The minimum absolute atomic E-state index is 0.0123. The molecule has 4 nitrogen and oxygen atoms in total. The zero-order valence-corrected chi connectivity index (χ0v) is 13.9. The van der Waals surface area contributed by atoms with Crippen LogP contribution in [0, 0.1) is 0 Å². The molecule has 1 N–H and O–H groups in total. The van der Waals surface area contributed by atoms with E-state index in [1.54, 1.807) is 11.8 Å². The van der Waals surface area contributed by atoms with Crippen LogP contribution in [0.5, 0.6) is 0 Å².